The lowest BCUT2D eigenvalue weighted by Gasteiger charge is -2.19. The van der Waals surface area contributed by atoms with Crippen molar-refractivity contribution in [1.29, 1.82) is 0 Å². The zero-order valence-corrected chi connectivity index (χ0v) is 18.1. The number of fused-ring (bicyclic) bond motifs is 2. The minimum atomic E-state index is -0.704. The van der Waals surface area contributed by atoms with Gasteiger partial charge in [-0.05, 0) is 41.8 Å². The van der Waals surface area contributed by atoms with Crippen LogP contribution in [0.1, 0.15) is 27.9 Å². The summed E-state index contributed by atoms with van der Waals surface area (Å²) in [6.07, 6.45) is 2.63. The van der Waals surface area contributed by atoms with Crippen molar-refractivity contribution in [3.63, 3.8) is 0 Å². The van der Waals surface area contributed by atoms with Crippen molar-refractivity contribution in [1.82, 2.24) is 15.2 Å². The second-order valence-electron chi connectivity index (χ2n) is 7.91. The van der Waals surface area contributed by atoms with Crippen molar-refractivity contribution >= 4 is 34.4 Å². The molecule has 2 aromatic carbocycles. The van der Waals surface area contributed by atoms with Crippen LogP contribution < -0.4 is 10.6 Å². The first-order valence-corrected chi connectivity index (χ1v) is 10.5. The third kappa shape index (κ3) is 4.44. The molecule has 1 atom stereocenters. The fraction of sp³-hybridized carbons (Fsp3) is 0.292. The van der Waals surface area contributed by atoms with Crippen LogP contribution in [0.15, 0.2) is 48.7 Å². The average Bonchev–Trinajstić information content (AvgIpc) is 3.17. The SMILES string of the molecule is COC(=O)CC1Nc2ccc(C(=O)NCCc3c[nH]c4ccccc34)cc2CN(C)C1=O. The van der Waals surface area contributed by atoms with Crippen molar-refractivity contribution < 1.29 is 19.1 Å². The highest BCUT2D eigenvalue weighted by Crippen LogP contribution is 2.25. The fourth-order valence-corrected chi connectivity index (χ4v) is 4.00. The van der Waals surface area contributed by atoms with E-state index in [-0.39, 0.29) is 18.2 Å². The lowest BCUT2D eigenvalue weighted by molar-refractivity contribution is -0.143. The Bertz CT molecular complexity index is 1170. The molecule has 1 aliphatic rings. The Balaban J connectivity index is 1.43. The Morgan fingerprint density at radius 1 is 1.22 bits per heavy atom. The molecule has 1 unspecified atom stereocenters. The van der Waals surface area contributed by atoms with Gasteiger partial charge in [0, 0.05) is 48.5 Å². The number of ether oxygens (including phenoxy) is 1. The second-order valence-corrected chi connectivity index (χ2v) is 7.91. The van der Waals surface area contributed by atoms with E-state index in [1.54, 1.807) is 30.1 Å². The molecule has 32 heavy (non-hydrogen) atoms. The number of likely N-dealkylation sites (N-methyl/N-ethyl adjacent to an activating group) is 1. The number of anilines is 1. The molecule has 0 radical (unpaired) electrons. The maximum atomic E-state index is 12.7. The summed E-state index contributed by atoms with van der Waals surface area (Å²) in [6, 6.07) is 12.7. The first-order chi connectivity index (χ1) is 15.5. The van der Waals surface area contributed by atoms with E-state index in [4.69, 9.17) is 4.74 Å². The molecule has 0 aliphatic carbocycles. The topological polar surface area (TPSA) is 104 Å². The maximum absolute atomic E-state index is 12.7. The summed E-state index contributed by atoms with van der Waals surface area (Å²) in [4.78, 5) is 41.8. The number of nitrogens with one attached hydrogen (secondary N) is 3. The molecular weight excluding hydrogens is 408 g/mol. The zero-order valence-electron chi connectivity index (χ0n) is 18.1. The minimum absolute atomic E-state index is 0.0603. The van der Waals surface area contributed by atoms with Crippen LogP contribution in [0, 0.1) is 0 Å². The number of para-hydroxylation sites is 1. The molecule has 2 heterocycles. The average molecular weight is 434 g/mol. The van der Waals surface area contributed by atoms with E-state index in [0.29, 0.717) is 25.1 Å². The zero-order chi connectivity index (χ0) is 22.7. The lowest BCUT2D eigenvalue weighted by atomic mass is 10.1. The Kier molecular flexibility index (Phi) is 6.11. The summed E-state index contributed by atoms with van der Waals surface area (Å²) >= 11 is 0. The van der Waals surface area contributed by atoms with Gasteiger partial charge in [0.2, 0.25) is 5.91 Å². The van der Waals surface area contributed by atoms with E-state index >= 15 is 0 Å². The minimum Gasteiger partial charge on any atom is -0.469 e. The van der Waals surface area contributed by atoms with Gasteiger partial charge in [-0.3, -0.25) is 14.4 Å². The summed E-state index contributed by atoms with van der Waals surface area (Å²) in [6.45, 7) is 0.852. The van der Waals surface area contributed by atoms with Crippen LogP contribution in [0.4, 0.5) is 5.69 Å². The van der Waals surface area contributed by atoms with E-state index in [0.717, 1.165) is 27.7 Å². The molecule has 0 fully saturated rings. The van der Waals surface area contributed by atoms with Crippen LogP contribution in [0.5, 0.6) is 0 Å². The predicted octanol–water partition coefficient (Wildman–Crippen LogP) is 2.46. The van der Waals surface area contributed by atoms with Gasteiger partial charge in [-0.2, -0.15) is 0 Å². The Morgan fingerprint density at radius 2 is 2.03 bits per heavy atom. The van der Waals surface area contributed by atoms with Gasteiger partial charge < -0.3 is 25.3 Å². The number of amides is 2. The van der Waals surface area contributed by atoms with Crippen molar-refractivity contribution in [3.05, 3.63) is 65.4 Å². The van der Waals surface area contributed by atoms with E-state index < -0.39 is 12.0 Å². The fourth-order valence-electron chi connectivity index (χ4n) is 4.00. The van der Waals surface area contributed by atoms with Crippen LogP contribution in [0.25, 0.3) is 10.9 Å². The highest BCUT2D eigenvalue weighted by molar-refractivity contribution is 5.96. The molecule has 4 rings (SSSR count). The summed E-state index contributed by atoms with van der Waals surface area (Å²) in [5, 5.41) is 7.25. The molecule has 2 amide bonds. The monoisotopic (exact) mass is 434 g/mol. The first-order valence-electron chi connectivity index (χ1n) is 10.5. The Hall–Kier alpha value is -3.81. The molecule has 0 saturated heterocycles. The molecule has 8 nitrogen and oxygen atoms in total. The van der Waals surface area contributed by atoms with Gasteiger partial charge in [0.1, 0.15) is 6.04 Å². The number of hydrogen-bond acceptors (Lipinski definition) is 5. The van der Waals surface area contributed by atoms with E-state index in [9.17, 15) is 14.4 Å². The van der Waals surface area contributed by atoms with Gasteiger partial charge in [0.05, 0.1) is 13.5 Å². The van der Waals surface area contributed by atoms with Crippen LogP contribution >= 0.6 is 0 Å². The molecule has 3 N–H and O–H groups in total. The number of H-pyrrole nitrogens is 1. The van der Waals surface area contributed by atoms with Gasteiger partial charge in [-0.15, -0.1) is 0 Å². The lowest BCUT2D eigenvalue weighted by Crippen LogP contribution is -2.39. The number of hydrogen-bond donors (Lipinski definition) is 3. The number of carbonyl (C=O) groups excluding carboxylic acids is 3. The van der Waals surface area contributed by atoms with Gasteiger partial charge in [-0.25, -0.2) is 0 Å². The molecule has 1 aromatic heterocycles. The summed E-state index contributed by atoms with van der Waals surface area (Å²) in [5.41, 5.74) is 4.31. The number of methoxy groups -OCH3 is 1. The summed E-state index contributed by atoms with van der Waals surface area (Å²) < 4.78 is 4.70. The molecule has 8 heteroatoms. The van der Waals surface area contributed by atoms with Crippen molar-refractivity contribution in [2.45, 2.75) is 25.4 Å². The van der Waals surface area contributed by atoms with Gasteiger partial charge in [0.15, 0.2) is 0 Å². The Morgan fingerprint density at radius 3 is 2.84 bits per heavy atom. The number of benzene rings is 2. The predicted molar refractivity (Wildman–Crippen MR) is 121 cm³/mol. The molecule has 0 bridgehead atoms. The van der Waals surface area contributed by atoms with Crippen LogP contribution in [-0.2, 0) is 27.3 Å². The smallest absolute Gasteiger partial charge is 0.308 e. The van der Waals surface area contributed by atoms with Crippen molar-refractivity contribution in [2.24, 2.45) is 0 Å². The second kappa shape index (κ2) is 9.13. The molecular formula is C24H26N4O4. The quantitative estimate of drug-likeness (QED) is 0.517. The number of aromatic amines is 1. The molecule has 0 spiro atoms. The highest BCUT2D eigenvalue weighted by atomic mass is 16.5. The van der Waals surface area contributed by atoms with Crippen LogP contribution in [0.3, 0.4) is 0 Å². The van der Waals surface area contributed by atoms with Crippen LogP contribution in [-0.4, -0.2) is 54.4 Å². The summed E-state index contributed by atoms with van der Waals surface area (Å²) in [7, 11) is 2.97. The first kappa shape index (κ1) is 21.4. The maximum Gasteiger partial charge on any atom is 0.308 e. The number of nitrogens with zero attached hydrogens (tertiary/aromatic N) is 1. The van der Waals surface area contributed by atoms with Crippen LogP contribution in [0.2, 0.25) is 0 Å². The largest absolute Gasteiger partial charge is 0.469 e. The summed E-state index contributed by atoms with van der Waals surface area (Å²) in [5.74, 6) is -0.827. The number of esters is 1. The van der Waals surface area contributed by atoms with Gasteiger partial charge in [0.25, 0.3) is 5.91 Å². The number of rotatable bonds is 6. The Labute approximate surface area is 185 Å². The van der Waals surface area contributed by atoms with Crippen molar-refractivity contribution in [2.75, 3.05) is 26.0 Å². The number of aromatic nitrogens is 1. The normalized spacial score (nSPS) is 15.6. The molecule has 166 valence electrons. The molecule has 0 saturated carbocycles. The van der Waals surface area contributed by atoms with E-state index in [2.05, 4.69) is 21.7 Å². The number of carbonyl (C=O) groups is 3. The third-order valence-corrected chi connectivity index (χ3v) is 5.73. The molecule has 1 aliphatic heterocycles. The van der Waals surface area contributed by atoms with E-state index in [1.807, 2.05) is 24.4 Å². The highest BCUT2D eigenvalue weighted by Gasteiger charge is 2.29. The standard InChI is InChI=1S/C24H26N4O4/c1-28-14-17-11-15(7-8-19(17)27-21(24(28)31)12-22(29)32-2)23(30)25-10-9-16-13-26-20-6-4-3-5-18(16)20/h3-8,11,13,21,26-27H,9-10,12,14H2,1-2H3,(H,25,30). The van der Waals surface area contributed by atoms with E-state index in [1.165, 1.54) is 7.11 Å². The van der Waals surface area contributed by atoms with Gasteiger partial charge >= 0.3 is 5.97 Å². The van der Waals surface area contributed by atoms with Crippen molar-refractivity contribution in [3.8, 4) is 0 Å². The molecule has 3 aromatic rings. The third-order valence-electron chi connectivity index (χ3n) is 5.73. The van der Waals surface area contributed by atoms with Gasteiger partial charge in [-0.1, -0.05) is 18.2 Å².